The zero-order valence-electron chi connectivity index (χ0n) is 24.0. The highest BCUT2D eigenvalue weighted by atomic mass is 35.5. The molecule has 0 saturated heterocycles. The Labute approximate surface area is 262 Å². The highest BCUT2D eigenvalue weighted by molar-refractivity contribution is 7.92. The van der Waals surface area contributed by atoms with Crippen molar-refractivity contribution in [2.75, 3.05) is 17.5 Å². The number of benzene rings is 3. The molecule has 1 N–H and O–H groups in total. The monoisotopic (exact) mass is 653 g/mol. The van der Waals surface area contributed by atoms with Crippen LogP contribution in [0.3, 0.4) is 0 Å². The Morgan fingerprint density at radius 1 is 0.929 bits per heavy atom. The molecule has 0 unspecified atom stereocenters. The van der Waals surface area contributed by atoms with Gasteiger partial charge in [-0.25, -0.2) is 8.42 Å². The van der Waals surface area contributed by atoms with Gasteiger partial charge in [-0.3, -0.25) is 13.9 Å². The number of carbonyl (C=O) groups excluding carboxylic acids is 2. The van der Waals surface area contributed by atoms with Crippen molar-refractivity contribution in [3.63, 3.8) is 0 Å². The Balaban J connectivity index is 2.05. The minimum atomic E-state index is -4.24. The lowest BCUT2D eigenvalue weighted by Crippen LogP contribution is -2.54. The third-order valence-corrected chi connectivity index (χ3v) is 8.90. The third kappa shape index (κ3) is 8.77. The number of hydrogen-bond donors (Lipinski definition) is 1. The quantitative estimate of drug-likeness (QED) is 0.252. The Morgan fingerprint density at radius 2 is 1.55 bits per heavy atom. The highest BCUT2D eigenvalue weighted by Crippen LogP contribution is 2.28. The van der Waals surface area contributed by atoms with Gasteiger partial charge in [-0.05, 0) is 101 Å². The van der Waals surface area contributed by atoms with Gasteiger partial charge in [-0.15, -0.1) is 0 Å². The first-order chi connectivity index (χ1) is 19.6. The van der Waals surface area contributed by atoms with Crippen LogP contribution >= 0.6 is 34.8 Å². The highest BCUT2D eigenvalue weighted by Gasteiger charge is 2.33. The number of halogens is 3. The number of ether oxygens (including phenoxy) is 1. The summed E-state index contributed by atoms with van der Waals surface area (Å²) in [5, 5.41) is 3.88. The molecule has 0 aliphatic heterocycles. The van der Waals surface area contributed by atoms with Gasteiger partial charge in [-0.1, -0.05) is 40.9 Å². The van der Waals surface area contributed by atoms with Crippen molar-refractivity contribution >= 4 is 62.3 Å². The third-order valence-electron chi connectivity index (χ3n) is 6.12. The molecule has 226 valence electrons. The Bertz CT molecular complexity index is 1510. The molecular weight excluding hydrogens is 621 g/mol. The van der Waals surface area contributed by atoms with Crippen LogP contribution in [0, 0.1) is 0 Å². The van der Waals surface area contributed by atoms with Gasteiger partial charge < -0.3 is 15.0 Å². The molecule has 1 atom stereocenters. The number of amides is 2. The van der Waals surface area contributed by atoms with Gasteiger partial charge in [0.2, 0.25) is 11.8 Å². The SMILES string of the molecule is CCOc1ccc(N(CC(=O)N(Cc2ccc(Cl)c(Cl)c2)[C@H](C)C(=O)NC(C)(C)C)S(=O)(=O)c2ccc(Cl)cc2)cc1. The summed E-state index contributed by atoms with van der Waals surface area (Å²) in [5.74, 6) is -0.460. The number of rotatable bonds is 11. The smallest absolute Gasteiger partial charge is 0.264 e. The first-order valence-corrected chi connectivity index (χ1v) is 15.8. The van der Waals surface area contributed by atoms with Crippen molar-refractivity contribution in [3.05, 3.63) is 87.4 Å². The lowest BCUT2D eigenvalue weighted by atomic mass is 10.1. The summed E-state index contributed by atoms with van der Waals surface area (Å²) in [6.07, 6.45) is 0. The van der Waals surface area contributed by atoms with Crippen LogP contribution in [0.5, 0.6) is 5.75 Å². The second kappa shape index (κ2) is 14.0. The second-order valence-corrected chi connectivity index (χ2v) is 13.7. The van der Waals surface area contributed by atoms with Crippen molar-refractivity contribution < 1.29 is 22.7 Å². The van der Waals surface area contributed by atoms with E-state index >= 15 is 0 Å². The average Bonchev–Trinajstić information content (AvgIpc) is 2.91. The van der Waals surface area contributed by atoms with Crippen LogP contribution in [-0.2, 0) is 26.2 Å². The van der Waals surface area contributed by atoms with E-state index in [2.05, 4.69) is 5.32 Å². The molecule has 0 aromatic heterocycles. The van der Waals surface area contributed by atoms with E-state index in [0.29, 0.717) is 28.0 Å². The van der Waals surface area contributed by atoms with Gasteiger partial charge in [0, 0.05) is 17.1 Å². The van der Waals surface area contributed by atoms with E-state index in [9.17, 15) is 18.0 Å². The van der Waals surface area contributed by atoms with Gasteiger partial charge in [-0.2, -0.15) is 0 Å². The van der Waals surface area contributed by atoms with Crippen molar-refractivity contribution in [1.82, 2.24) is 10.2 Å². The molecule has 3 rings (SSSR count). The lowest BCUT2D eigenvalue weighted by Gasteiger charge is -2.33. The number of hydrogen-bond acceptors (Lipinski definition) is 5. The molecule has 0 heterocycles. The van der Waals surface area contributed by atoms with Crippen LogP contribution < -0.4 is 14.4 Å². The summed E-state index contributed by atoms with van der Waals surface area (Å²) >= 11 is 18.3. The van der Waals surface area contributed by atoms with Gasteiger partial charge >= 0.3 is 0 Å². The van der Waals surface area contributed by atoms with E-state index in [4.69, 9.17) is 39.5 Å². The minimum absolute atomic E-state index is 0.0213. The van der Waals surface area contributed by atoms with Crippen molar-refractivity contribution in [2.24, 2.45) is 0 Å². The van der Waals surface area contributed by atoms with Crippen LogP contribution in [0.1, 0.15) is 40.2 Å². The molecule has 0 aliphatic carbocycles. The van der Waals surface area contributed by atoms with Gasteiger partial charge in [0.25, 0.3) is 10.0 Å². The fourth-order valence-electron chi connectivity index (χ4n) is 4.03. The Hall–Kier alpha value is -2.98. The predicted octanol–water partition coefficient (Wildman–Crippen LogP) is 6.57. The largest absolute Gasteiger partial charge is 0.494 e. The maximum atomic E-state index is 14.0. The number of sulfonamides is 1. The van der Waals surface area contributed by atoms with Crippen LogP contribution in [0.4, 0.5) is 5.69 Å². The molecule has 3 aromatic rings. The normalized spacial score (nSPS) is 12.4. The topological polar surface area (TPSA) is 96.0 Å². The van der Waals surface area contributed by atoms with E-state index in [1.54, 1.807) is 49.4 Å². The maximum Gasteiger partial charge on any atom is 0.264 e. The fraction of sp³-hybridized carbons (Fsp3) is 0.333. The van der Waals surface area contributed by atoms with Crippen LogP contribution in [0.15, 0.2) is 71.6 Å². The van der Waals surface area contributed by atoms with Gasteiger partial charge in [0.05, 0.1) is 27.2 Å². The number of anilines is 1. The zero-order valence-corrected chi connectivity index (χ0v) is 27.1. The molecule has 0 aliphatic rings. The number of nitrogens with zero attached hydrogens (tertiary/aromatic N) is 2. The standard InChI is InChI=1S/C30H34Cl3N3O5S/c1-6-41-24-12-10-23(11-13-24)36(42(39,40)25-14-8-22(31)9-15-25)19-28(37)35(20(2)29(38)34-30(3,4)5)18-21-7-16-26(32)27(33)17-21/h7-17,20H,6,18-19H2,1-5H3,(H,34,38)/t20-/m1/s1. The molecule has 0 fully saturated rings. The lowest BCUT2D eigenvalue weighted by molar-refractivity contribution is -0.140. The summed E-state index contributed by atoms with van der Waals surface area (Å²) in [6.45, 7) is 8.73. The summed E-state index contributed by atoms with van der Waals surface area (Å²) in [5.41, 5.74) is 0.292. The van der Waals surface area contributed by atoms with Gasteiger partial charge in [0.15, 0.2) is 0 Å². The number of carbonyl (C=O) groups is 2. The van der Waals surface area contributed by atoms with E-state index in [1.807, 2.05) is 27.7 Å². The second-order valence-electron chi connectivity index (χ2n) is 10.6. The number of nitrogens with one attached hydrogen (secondary N) is 1. The molecule has 0 bridgehead atoms. The fourth-order valence-corrected chi connectivity index (χ4v) is 5.89. The summed E-state index contributed by atoms with van der Waals surface area (Å²) in [4.78, 5) is 28.5. The molecule has 0 saturated carbocycles. The summed E-state index contributed by atoms with van der Waals surface area (Å²) in [6, 6.07) is 16.0. The predicted molar refractivity (Wildman–Crippen MR) is 168 cm³/mol. The molecule has 2 amide bonds. The first kappa shape index (κ1) is 33.5. The average molecular weight is 655 g/mol. The van der Waals surface area contributed by atoms with Crippen LogP contribution in [0.2, 0.25) is 15.1 Å². The zero-order chi connectivity index (χ0) is 31.2. The molecular formula is C30H34Cl3N3O5S. The Kier molecular flexibility index (Phi) is 11.2. The van der Waals surface area contributed by atoms with E-state index in [-0.39, 0.29) is 22.2 Å². The molecule has 12 heteroatoms. The summed E-state index contributed by atoms with van der Waals surface area (Å²) < 4.78 is 34.3. The van der Waals surface area contributed by atoms with Crippen LogP contribution in [-0.4, -0.2) is 49.9 Å². The van der Waals surface area contributed by atoms with E-state index in [0.717, 1.165) is 4.31 Å². The van der Waals surface area contributed by atoms with Crippen molar-refractivity contribution in [1.29, 1.82) is 0 Å². The Morgan fingerprint density at radius 3 is 2.10 bits per heavy atom. The first-order valence-electron chi connectivity index (χ1n) is 13.2. The van der Waals surface area contributed by atoms with Crippen LogP contribution in [0.25, 0.3) is 0 Å². The maximum absolute atomic E-state index is 14.0. The molecule has 3 aromatic carbocycles. The van der Waals surface area contributed by atoms with Gasteiger partial charge in [0.1, 0.15) is 18.3 Å². The van der Waals surface area contributed by atoms with Crippen molar-refractivity contribution in [2.45, 2.75) is 57.6 Å². The molecule has 42 heavy (non-hydrogen) atoms. The van der Waals surface area contributed by atoms with E-state index in [1.165, 1.54) is 29.2 Å². The minimum Gasteiger partial charge on any atom is -0.494 e. The molecule has 0 spiro atoms. The van der Waals surface area contributed by atoms with E-state index < -0.39 is 40.0 Å². The molecule has 8 nitrogen and oxygen atoms in total. The molecule has 0 radical (unpaired) electrons. The summed E-state index contributed by atoms with van der Waals surface area (Å²) in [7, 11) is -4.24. The van der Waals surface area contributed by atoms with Crippen molar-refractivity contribution in [3.8, 4) is 5.75 Å².